The first-order chi connectivity index (χ1) is 20.0. The van der Waals surface area contributed by atoms with Gasteiger partial charge in [0.1, 0.15) is 17.6 Å². The summed E-state index contributed by atoms with van der Waals surface area (Å²) in [6.07, 6.45) is 9.87. The Labute approximate surface area is 237 Å². The predicted molar refractivity (Wildman–Crippen MR) is 159 cm³/mol. The van der Waals surface area contributed by atoms with E-state index in [0.717, 1.165) is 60.2 Å². The molecule has 1 aromatic carbocycles. The smallest absolute Gasteiger partial charge is 0.261 e. The van der Waals surface area contributed by atoms with Gasteiger partial charge in [0.15, 0.2) is 6.39 Å². The average Bonchev–Trinajstić information content (AvgIpc) is 3.43. The Balaban J connectivity index is 1.19. The van der Waals surface area contributed by atoms with Gasteiger partial charge in [0.2, 0.25) is 5.95 Å². The molecule has 1 unspecified atom stereocenters. The molecule has 0 amide bonds. The molecule has 10 nitrogen and oxygen atoms in total. The highest BCUT2D eigenvalue weighted by molar-refractivity contribution is 5.82. The number of likely N-dealkylation sites (tertiary alicyclic amines) is 1. The summed E-state index contributed by atoms with van der Waals surface area (Å²) in [5, 5.41) is 7.72. The summed E-state index contributed by atoms with van der Waals surface area (Å²) in [6.45, 7) is 4.76. The van der Waals surface area contributed by atoms with Crippen molar-refractivity contribution in [2.45, 2.75) is 38.8 Å². The van der Waals surface area contributed by atoms with Gasteiger partial charge in [-0.25, -0.2) is 9.97 Å². The average molecular weight is 549 g/mol. The van der Waals surface area contributed by atoms with Crippen LogP contribution in [0.4, 0.5) is 17.3 Å². The standard InChI is InChI=1S/C31H32N8O2/c1-19-11-21(27-17-41-18-34-27)13-32-28(19)26-12-22-14-33-31(37-29(22)39(30(26)40)15-20-3-4-20)36-24-7-5-23(6-8-24)35-25-9-10-38(2)16-25/h5-8,11-14,17-18,20,25,35H,3-4,9-10,15-16H2,1-2H3,(H,33,36,37). The Morgan fingerprint density at radius 3 is 2.56 bits per heavy atom. The summed E-state index contributed by atoms with van der Waals surface area (Å²) in [5.74, 6) is 0.944. The molecule has 41 heavy (non-hydrogen) atoms. The molecule has 2 aliphatic rings. The predicted octanol–water partition coefficient (Wildman–Crippen LogP) is 5.09. The molecule has 4 aromatic heterocycles. The summed E-state index contributed by atoms with van der Waals surface area (Å²) in [5.41, 5.74) is 6.15. The highest BCUT2D eigenvalue weighted by Crippen LogP contribution is 2.32. The van der Waals surface area contributed by atoms with Crippen molar-refractivity contribution in [3.63, 3.8) is 0 Å². The Kier molecular flexibility index (Phi) is 6.47. The zero-order valence-electron chi connectivity index (χ0n) is 23.2. The maximum atomic E-state index is 13.9. The van der Waals surface area contributed by atoms with E-state index in [1.54, 1.807) is 23.2 Å². The van der Waals surface area contributed by atoms with Gasteiger partial charge in [0.05, 0.1) is 11.3 Å². The summed E-state index contributed by atoms with van der Waals surface area (Å²) >= 11 is 0. The fourth-order valence-electron chi connectivity index (χ4n) is 5.54. The van der Waals surface area contributed by atoms with Crippen LogP contribution in [0.1, 0.15) is 24.8 Å². The summed E-state index contributed by atoms with van der Waals surface area (Å²) in [7, 11) is 2.15. The number of oxazole rings is 1. The summed E-state index contributed by atoms with van der Waals surface area (Å²) < 4.78 is 6.91. The van der Waals surface area contributed by atoms with Gasteiger partial charge in [-0.2, -0.15) is 4.98 Å². The van der Waals surface area contributed by atoms with Crippen molar-refractivity contribution in [2.24, 2.45) is 5.92 Å². The van der Waals surface area contributed by atoms with Gasteiger partial charge in [0.25, 0.3) is 5.56 Å². The minimum absolute atomic E-state index is 0.0909. The molecule has 0 radical (unpaired) electrons. The molecule has 1 aliphatic carbocycles. The van der Waals surface area contributed by atoms with Crippen LogP contribution in [-0.2, 0) is 6.54 Å². The second-order valence-corrected chi connectivity index (χ2v) is 11.2. The van der Waals surface area contributed by atoms with E-state index >= 15 is 0 Å². The van der Waals surface area contributed by atoms with Crippen molar-refractivity contribution >= 4 is 28.4 Å². The fourth-order valence-corrected chi connectivity index (χ4v) is 5.54. The van der Waals surface area contributed by atoms with Gasteiger partial charge < -0.3 is 20.0 Å². The Morgan fingerprint density at radius 2 is 1.85 bits per heavy atom. The van der Waals surface area contributed by atoms with Gasteiger partial charge in [-0.15, -0.1) is 0 Å². The van der Waals surface area contributed by atoms with Gasteiger partial charge in [-0.1, -0.05) is 0 Å². The summed E-state index contributed by atoms with van der Waals surface area (Å²) in [4.78, 5) is 34.5. The number of benzene rings is 1. The van der Waals surface area contributed by atoms with Crippen LogP contribution in [0.2, 0.25) is 0 Å². The lowest BCUT2D eigenvalue weighted by molar-refractivity contribution is 0.414. The first-order valence-corrected chi connectivity index (χ1v) is 14.1. The van der Waals surface area contributed by atoms with Gasteiger partial charge in [-0.3, -0.25) is 14.3 Å². The van der Waals surface area contributed by atoms with Crippen molar-refractivity contribution in [1.82, 2.24) is 29.4 Å². The van der Waals surface area contributed by atoms with Crippen molar-refractivity contribution < 1.29 is 4.42 Å². The van der Waals surface area contributed by atoms with Crippen molar-refractivity contribution in [3.05, 3.63) is 77.4 Å². The number of hydrogen-bond donors (Lipinski definition) is 2. The number of pyridine rings is 2. The molecule has 1 aliphatic heterocycles. The number of anilines is 3. The molecule has 7 rings (SSSR count). The van der Waals surface area contributed by atoms with E-state index in [1.165, 1.54) is 6.39 Å². The number of fused-ring (bicyclic) bond motifs is 1. The third kappa shape index (κ3) is 5.30. The number of aryl methyl sites for hydroxylation is 1. The molecular formula is C31H32N8O2. The first-order valence-electron chi connectivity index (χ1n) is 14.1. The topological polar surface area (TPSA) is 114 Å². The van der Waals surface area contributed by atoms with Crippen LogP contribution >= 0.6 is 0 Å². The van der Waals surface area contributed by atoms with Crippen molar-refractivity contribution in [2.75, 3.05) is 30.8 Å². The van der Waals surface area contributed by atoms with E-state index in [1.807, 2.05) is 31.2 Å². The van der Waals surface area contributed by atoms with E-state index in [9.17, 15) is 4.79 Å². The highest BCUT2D eigenvalue weighted by atomic mass is 16.3. The second-order valence-electron chi connectivity index (χ2n) is 11.2. The molecule has 0 spiro atoms. The molecule has 2 N–H and O–H groups in total. The lowest BCUT2D eigenvalue weighted by atomic mass is 10.0. The quantitative estimate of drug-likeness (QED) is 0.274. The monoisotopic (exact) mass is 548 g/mol. The molecule has 1 saturated heterocycles. The normalized spacial score (nSPS) is 17.3. The number of aromatic nitrogens is 5. The third-order valence-corrected chi connectivity index (χ3v) is 7.93. The number of hydrogen-bond acceptors (Lipinski definition) is 9. The maximum absolute atomic E-state index is 13.9. The SMILES string of the molecule is Cc1cc(-c2cocn2)cnc1-c1cc2cnc(Nc3ccc(NC4CCN(C)C4)cc3)nc2n(CC2CC2)c1=O. The molecule has 208 valence electrons. The fraction of sp³-hybridized carbons (Fsp3) is 0.323. The maximum Gasteiger partial charge on any atom is 0.261 e. The Bertz CT molecular complexity index is 1760. The number of likely N-dealkylation sites (N-methyl/N-ethyl adjacent to an activating group) is 1. The first kappa shape index (κ1) is 25.4. The van der Waals surface area contributed by atoms with Crippen LogP contribution < -0.4 is 16.2 Å². The van der Waals surface area contributed by atoms with Gasteiger partial charge in [-0.05, 0) is 87.7 Å². The van der Waals surface area contributed by atoms with E-state index in [-0.39, 0.29) is 5.56 Å². The minimum Gasteiger partial charge on any atom is -0.451 e. The van der Waals surface area contributed by atoms with E-state index in [2.05, 4.69) is 49.7 Å². The minimum atomic E-state index is -0.0909. The third-order valence-electron chi connectivity index (χ3n) is 7.93. The molecule has 1 atom stereocenters. The Hall–Kier alpha value is -4.57. The molecular weight excluding hydrogens is 516 g/mol. The Morgan fingerprint density at radius 1 is 1.02 bits per heavy atom. The number of rotatable bonds is 8. The molecule has 5 aromatic rings. The van der Waals surface area contributed by atoms with Crippen LogP contribution in [0.3, 0.4) is 0 Å². The molecule has 0 bridgehead atoms. The largest absolute Gasteiger partial charge is 0.451 e. The van der Waals surface area contributed by atoms with Crippen LogP contribution in [0, 0.1) is 12.8 Å². The lowest BCUT2D eigenvalue weighted by Gasteiger charge is -2.15. The van der Waals surface area contributed by atoms with E-state index in [0.29, 0.717) is 47.1 Å². The number of nitrogens with one attached hydrogen (secondary N) is 2. The van der Waals surface area contributed by atoms with Gasteiger partial charge >= 0.3 is 0 Å². The molecule has 1 saturated carbocycles. The van der Waals surface area contributed by atoms with E-state index in [4.69, 9.17) is 9.40 Å². The van der Waals surface area contributed by atoms with E-state index < -0.39 is 0 Å². The summed E-state index contributed by atoms with van der Waals surface area (Å²) in [6, 6.07) is 12.5. The molecule has 10 heteroatoms. The van der Waals surface area contributed by atoms with Crippen LogP contribution in [0.25, 0.3) is 33.5 Å². The molecule has 2 fully saturated rings. The van der Waals surface area contributed by atoms with Crippen LogP contribution in [-0.4, -0.2) is 55.6 Å². The zero-order chi connectivity index (χ0) is 27.9. The zero-order valence-corrected chi connectivity index (χ0v) is 23.2. The highest BCUT2D eigenvalue weighted by Gasteiger charge is 2.25. The van der Waals surface area contributed by atoms with Crippen LogP contribution in [0.5, 0.6) is 0 Å². The van der Waals surface area contributed by atoms with Crippen molar-refractivity contribution in [3.8, 4) is 22.5 Å². The molecule has 5 heterocycles. The van der Waals surface area contributed by atoms with Crippen LogP contribution in [0.15, 0.2) is 70.7 Å². The number of nitrogens with zero attached hydrogens (tertiary/aromatic N) is 6. The van der Waals surface area contributed by atoms with Gasteiger partial charge in [0, 0.05) is 53.8 Å². The van der Waals surface area contributed by atoms with Crippen molar-refractivity contribution in [1.29, 1.82) is 0 Å². The lowest BCUT2D eigenvalue weighted by Crippen LogP contribution is -2.24. The second kappa shape index (κ2) is 10.4.